The third-order valence-electron chi connectivity index (χ3n) is 3.73. The monoisotopic (exact) mass is 350 g/mol. The number of nitrogens with two attached hydrogens (primary N) is 1. The van der Waals surface area contributed by atoms with Gasteiger partial charge < -0.3 is 5.73 Å². The third-order valence-corrected chi connectivity index (χ3v) is 4.51. The molecule has 0 spiro atoms. The van der Waals surface area contributed by atoms with Crippen LogP contribution in [0.15, 0.2) is 46.9 Å². The Hall–Kier alpha value is -1.23. The molecule has 0 heterocycles. The first-order valence-electron chi connectivity index (χ1n) is 6.92. The van der Waals surface area contributed by atoms with Crippen molar-refractivity contribution < 1.29 is 4.39 Å². The molecule has 0 aliphatic heterocycles. The molecule has 0 aliphatic carbocycles. The van der Waals surface area contributed by atoms with E-state index in [0.717, 1.165) is 22.1 Å². The third kappa shape index (κ3) is 3.90. The van der Waals surface area contributed by atoms with Crippen LogP contribution in [0.5, 0.6) is 0 Å². The minimum atomic E-state index is -0.219. The molecule has 0 aliphatic rings. The fraction of sp³-hybridized carbons (Fsp3) is 0.294. The molecule has 0 bridgehead atoms. The molecule has 1 unspecified atom stereocenters. The number of aryl methyl sites for hydroxylation is 1. The standard InChI is InChI=1S/C17H20BrFN2/c1-12-7-8-14(19)9-15(12)17(10-20)21(2)11-13-5-3-4-6-16(13)18/h3-9,17H,10-11,20H2,1-2H3. The summed E-state index contributed by atoms with van der Waals surface area (Å²) in [4.78, 5) is 2.15. The minimum Gasteiger partial charge on any atom is -0.329 e. The van der Waals surface area contributed by atoms with Gasteiger partial charge in [-0.2, -0.15) is 0 Å². The van der Waals surface area contributed by atoms with E-state index < -0.39 is 0 Å². The summed E-state index contributed by atoms with van der Waals surface area (Å²) in [7, 11) is 2.02. The van der Waals surface area contributed by atoms with Crippen LogP contribution in [0.3, 0.4) is 0 Å². The molecule has 112 valence electrons. The quantitative estimate of drug-likeness (QED) is 0.881. The first kappa shape index (κ1) is 16.1. The highest BCUT2D eigenvalue weighted by molar-refractivity contribution is 9.10. The summed E-state index contributed by atoms with van der Waals surface area (Å²) in [5, 5.41) is 0. The maximum Gasteiger partial charge on any atom is 0.123 e. The van der Waals surface area contributed by atoms with Crippen LogP contribution in [0.25, 0.3) is 0 Å². The molecule has 4 heteroatoms. The Bertz CT molecular complexity index is 615. The predicted octanol–water partition coefficient (Wildman–Crippen LogP) is 4.03. The van der Waals surface area contributed by atoms with Gasteiger partial charge in [0.1, 0.15) is 5.82 Å². The zero-order valence-corrected chi connectivity index (χ0v) is 13.9. The molecule has 0 saturated heterocycles. The van der Waals surface area contributed by atoms with E-state index >= 15 is 0 Å². The van der Waals surface area contributed by atoms with E-state index in [0.29, 0.717) is 6.54 Å². The van der Waals surface area contributed by atoms with Crippen molar-refractivity contribution in [2.45, 2.75) is 19.5 Å². The maximum atomic E-state index is 13.5. The van der Waals surface area contributed by atoms with Gasteiger partial charge in [0.25, 0.3) is 0 Å². The van der Waals surface area contributed by atoms with E-state index in [4.69, 9.17) is 5.73 Å². The predicted molar refractivity (Wildman–Crippen MR) is 88.5 cm³/mol. The second kappa shape index (κ2) is 7.16. The van der Waals surface area contributed by atoms with Gasteiger partial charge in [0.2, 0.25) is 0 Å². The van der Waals surface area contributed by atoms with Crippen molar-refractivity contribution in [3.05, 3.63) is 69.4 Å². The van der Waals surface area contributed by atoms with Crippen LogP contribution in [-0.2, 0) is 6.54 Å². The molecule has 0 fully saturated rings. The van der Waals surface area contributed by atoms with Gasteiger partial charge in [-0.3, -0.25) is 4.90 Å². The highest BCUT2D eigenvalue weighted by atomic mass is 79.9. The average molecular weight is 351 g/mol. The maximum absolute atomic E-state index is 13.5. The SMILES string of the molecule is Cc1ccc(F)cc1C(CN)N(C)Cc1ccccc1Br. The molecular weight excluding hydrogens is 331 g/mol. The van der Waals surface area contributed by atoms with Crippen molar-refractivity contribution in [3.8, 4) is 0 Å². The van der Waals surface area contributed by atoms with Crippen molar-refractivity contribution in [2.24, 2.45) is 5.73 Å². The van der Waals surface area contributed by atoms with Gasteiger partial charge in [-0.15, -0.1) is 0 Å². The molecule has 1 atom stereocenters. The molecule has 0 saturated carbocycles. The van der Waals surface area contributed by atoms with Gasteiger partial charge >= 0.3 is 0 Å². The number of halogens is 2. The van der Waals surface area contributed by atoms with Crippen LogP contribution >= 0.6 is 15.9 Å². The lowest BCUT2D eigenvalue weighted by atomic mass is 9.99. The van der Waals surface area contributed by atoms with E-state index in [1.165, 1.54) is 11.6 Å². The summed E-state index contributed by atoms with van der Waals surface area (Å²) in [6.45, 7) is 3.19. The van der Waals surface area contributed by atoms with Gasteiger partial charge in [-0.25, -0.2) is 4.39 Å². The highest BCUT2D eigenvalue weighted by Crippen LogP contribution is 2.26. The largest absolute Gasteiger partial charge is 0.329 e. The minimum absolute atomic E-state index is 0.00666. The lowest BCUT2D eigenvalue weighted by molar-refractivity contribution is 0.240. The first-order valence-corrected chi connectivity index (χ1v) is 7.72. The highest BCUT2D eigenvalue weighted by Gasteiger charge is 2.18. The van der Waals surface area contributed by atoms with E-state index in [1.54, 1.807) is 12.1 Å². The number of hydrogen-bond acceptors (Lipinski definition) is 2. The van der Waals surface area contributed by atoms with Crippen LogP contribution < -0.4 is 5.73 Å². The molecule has 0 aromatic heterocycles. The summed E-state index contributed by atoms with van der Waals surface area (Å²) in [6, 6.07) is 13.0. The van der Waals surface area contributed by atoms with Crippen molar-refractivity contribution in [1.29, 1.82) is 0 Å². The Morgan fingerprint density at radius 1 is 1.24 bits per heavy atom. The zero-order chi connectivity index (χ0) is 15.4. The Kier molecular flexibility index (Phi) is 5.51. The summed E-state index contributed by atoms with van der Waals surface area (Å²) >= 11 is 3.56. The van der Waals surface area contributed by atoms with Gasteiger partial charge in [-0.1, -0.05) is 40.2 Å². The molecular formula is C17H20BrFN2. The number of nitrogens with zero attached hydrogens (tertiary/aromatic N) is 1. The lowest BCUT2D eigenvalue weighted by Gasteiger charge is -2.29. The Balaban J connectivity index is 2.25. The van der Waals surface area contributed by atoms with Gasteiger partial charge in [0.05, 0.1) is 0 Å². The molecule has 0 radical (unpaired) electrons. The number of rotatable bonds is 5. The van der Waals surface area contributed by atoms with E-state index in [1.807, 2.05) is 32.2 Å². The van der Waals surface area contributed by atoms with Crippen molar-refractivity contribution >= 4 is 15.9 Å². The molecule has 0 amide bonds. The van der Waals surface area contributed by atoms with Crippen LogP contribution in [0, 0.1) is 12.7 Å². The number of hydrogen-bond donors (Lipinski definition) is 1. The van der Waals surface area contributed by atoms with Gasteiger partial charge in [0, 0.05) is 23.6 Å². The number of benzene rings is 2. The molecule has 2 aromatic rings. The van der Waals surface area contributed by atoms with Crippen LogP contribution in [0.2, 0.25) is 0 Å². The average Bonchev–Trinajstić information content (AvgIpc) is 2.46. The van der Waals surface area contributed by atoms with Crippen LogP contribution in [0.1, 0.15) is 22.7 Å². The van der Waals surface area contributed by atoms with Crippen molar-refractivity contribution in [1.82, 2.24) is 4.90 Å². The van der Waals surface area contributed by atoms with E-state index in [-0.39, 0.29) is 11.9 Å². The fourth-order valence-electron chi connectivity index (χ4n) is 2.52. The summed E-state index contributed by atoms with van der Waals surface area (Å²) < 4.78 is 14.6. The molecule has 2 N–H and O–H groups in total. The number of likely N-dealkylation sites (N-methyl/N-ethyl adjacent to an activating group) is 1. The second-order valence-corrected chi connectivity index (χ2v) is 6.11. The smallest absolute Gasteiger partial charge is 0.123 e. The second-order valence-electron chi connectivity index (χ2n) is 5.26. The van der Waals surface area contributed by atoms with Crippen molar-refractivity contribution in [3.63, 3.8) is 0 Å². The molecule has 2 nitrogen and oxygen atoms in total. The zero-order valence-electron chi connectivity index (χ0n) is 12.3. The summed E-state index contributed by atoms with van der Waals surface area (Å²) in [5.41, 5.74) is 9.14. The van der Waals surface area contributed by atoms with Crippen LogP contribution in [0.4, 0.5) is 4.39 Å². The van der Waals surface area contributed by atoms with E-state index in [9.17, 15) is 4.39 Å². The van der Waals surface area contributed by atoms with Crippen molar-refractivity contribution in [2.75, 3.05) is 13.6 Å². The molecule has 21 heavy (non-hydrogen) atoms. The normalized spacial score (nSPS) is 12.7. The van der Waals surface area contributed by atoms with Crippen LogP contribution in [-0.4, -0.2) is 18.5 Å². The fourth-order valence-corrected chi connectivity index (χ4v) is 2.93. The summed E-state index contributed by atoms with van der Waals surface area (Å²) in [5.74, 6) is -0.219. The molecule has 2 rings (SSSR count). The topological polar surface area (TPSA) is 29.3 Å². The summed E-state index contributed by atoms with van der Waals surface area (Å²) in [6.07, 6.45) is 0. The Morgan fingerprint density at radius 2 is 1.95 bits per heavy atom. The first-order chi connectivity index (χ1) is 10.0. The van der Waals surface area contributed by atoms with E-state index in [2.05, 4.69) is 26.9 Å². The van der Waals surface area contributed by atoms with Gasteiger partial charge in [-0.05, 0) is 48.9 Å². The Morgan fingerprint density at radius 3 is 2.62 bits per heavy atom. The lowest BCUT2D eigenvalue weighted by Crippen LogP contribution is -2.31. The molecule has 2 aromatic carbocycles. The Labute approximate surface area is 133 Å². The van der Waals surface area contributed by atoms with Gasteiger partial charge in [0.15, 0.2) is 0 Å².